The Kier molecular flexibility index (Phi) is 5.64. The van der Waals surface area contributed by atoms with E-state index in [-0.39, 0.29) is 23.9 Å². The summed E-state index contributed by atoms with van der Waals surface area (Å²) in [7, 11) is 0. The van der Waals surface area contributed by atoms with Gasteiger partial charge in [-0.2, -0.15) is 0 Å². The first-order valence-corrected chi connectivity index (χ1v) is 10.5. The van der Waals surface area contributed by atoms with Gasteiger partial charge in [0.2, 0.25) is 11.8 Å². The minimum Gasteiger partial charge on any atom is -0.326 e. The third kappa shape index (κ3) is 4.54. The van der Waals surface area contributed by atoms with E-state index in [4.69, 9.17) is 0 Å². The summed E-state index contributed by atoms with van der Waals surface area (Å²) >= 11 is 1.33. The molecule has 31 heavy (non-hydrogen) atoms. The third-order valence-corrected chi connectivity index (χ3v) is 5.67. The number of nitrogens with zero attached hydrogens (tertiary/aromatic N) is 2. The van der Waals surface area contributed by atoms with Crippen LogP contribution in [0.3, 0.4) is 0 Å². The second kappa shape index (κ2) is 8.53. The normalized spacial score (nSPS) is 10.8. The van der Waals surface area contributed by atoms with Crippen LogP contribution >= 0.6 is 11.3 Å². The van der Waals surface area contributed by atoms with Crippen molar-refractivity contribution in [3.63, 3.8) is 0 Å². The van der Waals surface area contributed by atoms with Crippen molar-refractivity contribution >= 4 is 44.7 Å². The van der Waals surface area contributed by atoms with E-state index < -0.39 is 0 Å². The van der Waals surface area contributed by atoms with Crippen molar-refractivity contribution in [2.45, 2.75) is 20.4 Å². The number of thiophene rings is 1. The number of anilines is 2. The van der Waals surface area contributed by atoms with E-state index in [1.807, 2.05) is 36.6 Å². The lowest BCUT2D eigenvalue weighted by molar-refractivity contribution is -0.117. The summed E-state index contributed by atoms with van der Waals surface area (Å²) in [5.41, 5.74) is 4.68. The Morgan fingerprint density at radius 1 is 1.00 bits per heavy atom. The molecule has 4 rings (SSSR count). The molecule has 0 aliphatic carbocycles. The number of rotatable bonds is 5. The van der Waals surface area contributed by atoms with Crippen molar-refractivity contribution in [1.82, 2.24) is 9.55 Å². The van der Waals surface area contributed by atoms with Gasteiger partial charge < -0.3 is 10.6 Å². The second-order valence-corrected chi connectivity index (χ2v) is 8.06. The highest BCUT2D eigenvalue weighted by molar-refractivity contribution is 7.17. The fourth-order valence-electron chi connectivity index (χ4n) is 3.19. The zero-order chi connectivity index (χ0) is 22.0. The van der Waals surface area contributed by atoms with Crippen LogP contribution in [-0.2, 0) is 16.1 Å². The standard InChI is InChI=1S/C23H20N4O3S/c1-14-3-5-16(6-4-14)19-12-31-22-21(19)24-13-27(23(22)30)11-20(29)26-18-9-7-17(8-10-18)25-15(2)28/h3-10,12-13H,11H2,1-2H3,(H,25,28)(H,26,29). The predicted octanol–water partition coefficient (Wildman–Crippen LogP) is 4.03. The topological polar surface area (TPSA) is 93.1 Å². The highest BCUT2D eigenvalue weighted by Gasteiger charge is 2.14. The largest absolute Gasteiger partial charge is 0.326 e. The number of nitrogens with one attached hydrogen (secondary N) is 2. The number of carbonyl (C=O) groups excluding carboxylic acids is 2. The number of fused-ring (bicyclic) bond motifs is 1. The molecule has 2 aromatic heterocycles. The minimum absolute atomic E-state index is 0.146. The molecule has 7 nitrogen and oxygen atoms in total. The van der Waals surface area contributed by atoms with E-state index in [1.165, 1.54) is 29.2 Å². The first-order valence-electron chi connectivity index (χ1n) is 9.62. The number of aromatic nitrogens is 2. The van der Waals surface area contributed by atoms with Gasteiger partial charge in [-0.1, -0.05) is 29.8 Å². The maximum absolute atomic E-state index is 12.9. The van der Waals surface area contributed by atoms with Crippen LogP contribution in [0.2, 0.25) is 0 Å². The van der Waals surface area contributed by atoms with Crippen molar-refractivity contribution in [2.24, 2.45) is 0 Å². The molecule has 4 aromatic rings. The molecule has 2 aromatic carbocycles. The predicted molar refractivity (Wildman–Crippen MR) is 123 cm³/mol. The Labute approximate surface area is 182 Å². The number of aryl methyl sites for hydroxylation is 1. The first kappa shape index (κ1) is 20.5. The monoisotopic (exact) mass is 432 g/mol. The minimum atomic E-state index is -0.342. The Bertz CT molecular complexity index is 1320. The molecule has 0 atom stereocenters. The Morgan fingerprint density at radius 2 is 1.65 bits per heavy atom. The fraction of sp³-hybridized carbons (Fsp3) is 0.130. The molecule has 8 heteroatoms. The van der Waals surface area contributed by atoms with Crippen LogP contribution in [0, 0.1) is 6.92 Å². The molecule has 2 N–H and O–H groups in total. The summed E-state index contributed by atoms with van der Waals surface area (Å²) < 4.78 is 1.82. The molecular weight excluding hydrogens is 412 g/mol. The van der Waals surface area contributed by atoms with Crippen molar-refractivity contribution in [3.8, 4) is 11.1 Å². The van der Waals surface area contributed by atoms with Crippen molar-refractivity contribution in [3.05, 3.63) is 76.2 Å². The quantitative estimate of drug-likeness (QED) is 0.498. The van der Waals surface area contributed by atoms with Gasteiger partial charge >= 0.3 is 0 Å². The van der Waals surface area contributed by atoms with Crippen LogP contribution in [0.4, 0.5) is 11.4 Å². The summed E-state index contributed by atoms with van der Waals surface area (Å²) in [6, 6.07) is 14.8. The maximum Gasteiger partial charge on any atom is 0.271 e. The molecule has 0 fully saturated rings. The van der Waals surface area contributed by atoms with Gasteiger partial charge in [0, 0.05) is 29.2 Å². The molecule has 0 spiro atoms. The lowest BCUT2D eigenvalue weighted by Crippen LogP contribution is -2.27. The lowest BCUT2D eigenvalue weighted by atomic mass is 10.1. The van der Waals surface area contributed by atoms with E-state index in [0.717, 1.165) is 16.7 Å². The van der Waals surface area contributed by atoms with Crippen LogP contribution in [0.1, 0.15) is 12.5 Å². The summed E-state index contributed by atoms with van der Waals surface area (Å²) in [5.74, 6) is -0.510. The molecule has 0 aliphatic heterocycles. The van der Waals surface area contributed by atoms with Gasteiger partial charge in [0.25, 0.3) is 5.56 Å². The molecule has 2 heterocycles. The number of hydrogen-bond donors (Lipinski definition) is 2. The third-order valence-electron chi connectivity index (χ3n) is 4.71. The summed E-state index contributed by atoms with van der Waals surface area (Å²) in [6.45, 7) is 3.30. The molecular formula is C23H20N4O3S. The molecule has 0 aliphatic rings. The molecule has 0 radical (unpaired) electrons. The average molecular weight is 433 g/mol. The summed E-state index contributed by atoms with van der Waals surface area (Å²) in [4.78, 5) is 40.8. The smallest absolute Gasteiger partial charge is 0.271 e. The highest BCUT2D eigenvalue weighted by atomic mass is 32.1. The maximum atomic E-state index is 12.9. The zero-order valence-electron chi connectivity index (χ0n) is 17.0. The molecule has 0 bridgehead atoms. The van der Waals surface area contributed by atoms with Crippen molar-refractivity contribution < 1.29 is 9.59 Å². The van der Waals surface area contributed by atoms with Gasteiger partial charge in [0.15, 0.2) is 0 Å². The average Bonchev–Trinajstić information content (AvgIpc) is 3.17. The first-order chi connectivity index (χ1) is 14.9. The van der Waals surface area contributed by atoms with Crippen molar-refractivity contribution in [1.29, 1.82) is 0 Å². The van der Waals surface area contributed by atoms with E-state index >= 15 is 0 Å². The zero-order valence-corrected chi connectivity index (χ0v) is 17.8. The number of benzene rings is 2. The van der Waals surface area contributed by atoms with Crippen molar-refractivity contribution in [2.75, 3.05) is 10.6 Å². The van der Waals surface area contributed by atoms with E-state index in [9.17, 15) is 14.4 Å². The lowest BCUT2D eigenvalue weighted by Gasteiger charge is -2.08. The van der Waals surface area contributed by atoms with E-state index in [1.54, 1.807) is 24.3 Å². The van der Waals surface area contributed by atoms with Crippen LogP contribution in [-0.4, -0.2) is 21.4 Å². The molecule has 0 saturated heterocycles. The molecule has 156 valence electrons. The van der Waals surface area contributed by atoms with Gasteiger partial charge in [-0.3, -0.25) is 19.0 Å². The molecule has 2 amide bonds. The van der Waals surface area contributed by atoms with Crippen LogP contribution in [0.25, 0.3) is 21.3 Å². The molecule has 0 saturated carbocycles. The summed E-state index contributed by atoms with van der Waals surface area (Å²) in [5, 5.41) is 7.33. The second-order valence-electron chi connectivity index (χ2n) is 7.18. The Morgan fingerprint density at radius 3 is 2.29 bits per heavy atom. The van der Waals surface area contributed by atoms with Gasteiger partial charge in [-0.15, -0.1) is 11.3 Å². The number of hydrogen-bond acceptors (Lipinski definition) is 5. The summed E-state index contributed by atoms with van der Waals surface area (Å²) in [6.07, 6.45) is 1.41. The van der Waals surface area contributed by atoms with E-state index in [0.29, 0.717) is 21.6 Å². The Hall–Kier alpha value is -3.78. The Balaban J connectivity index is 1.51. The van der Waals surface area contributed by atoms with Gasteiger partial charge in [-0.05, 0) is 36.8 Å². The van der Waals surface area contributed by atoms with Crippen LogP contribution < -0.4 is 16.2 Å². The molecule has 0 unspecified atom stereocenters. The fourth-order valence-corrected chi connectivity index (χ4v) is 4.16. The number of carbonyl (C=O) groups is 2. The van der Waals surface area contributed by atoms with Crippen LogP contribution in [0.5, 0.6) is 0 Å². The van der Waals surface area contributed by atoms with Gasteiger partial charge in [-0.25, -0.2) is 4.98 Å². The van der Waals surface area contributed by atoms with Crippen LogP contribution in [0.15, 0.2) is 65.0 Å². The number of amides is 2. The van der Waals surface area contributed by atoms with Gasteiger partial charge in [0.1, 0.15) is 11.2 Å². The van der Waals surface area contributed by atoms with E-state index in [2.05, 4.69) is 15.6 Å². The van der Waals surface area contributed by atoms with Gasteiger partial charge in [0.05, 0.1) is 11.8 Å². The highest BCUT2D eigenvalue weighted by Crippen LogP contribution is 2.30. The SMILES string of the molecule is CC(=O)Nc1ccc(NC(=O)Cn2cnc3c(-c4ccc(C)cc4)csc3c2=O)cc1.